The summed E-state index contributed by atoms with van der Waals surface area (Å²) in [4.78, 5) is 20.0. The molecule has 27 heavy (non-hydrogen) atoms. The van der Waals surface area contributed by atoms with Gasteiger partial charge in [0.05, 0.1) is 12.5 Å². The van der Waals surface area contributed by atoms with Crippen LogP contribution in [0.25, 0.3) is 0 Å². The van der Waals surface area contributed by atoms with Crippen LogP contribution in [0.15, 0.2) is 36.5 Å². The summed E-state index contributed by atoms with van der Waals surface area (Å²) in [7, 11) is 1.56. The van der Waals surface area contributed by atoms with E-state index in [9.17, 15) is 4.79 Å². The average molecular weight is 409 g/mol. The first-order chi connectivity index (χ1) is 12.9. The van der Waals surface area contributed by atoms with E-state index in [1.807, 2.05) is 25.1 Å². The summed E-state index contributed by atoms with van der Waals surface area (Å²) in [5, 5.41) is 5.75. The average Bonchev–Trinajstić information content (AvgIpc) is 2.67. The summed E-state index contributed by atoms with van der Waals surface area (Å²) in [5.74, 6) is 0.749. The van der Waals surface area contributed by atoms with Crippen LogP contribution in [0.3, 0.4) is 0 Å². The van der Waals surface area contributed by atoms with Crippen molar-refractivity contribution >= 4 is 35.1 Å². The van der Waals surface area contributed by atoms with E-state index >= 15 is 0 Å². The van der Waals surface area contributed by atoms with E-state index < -0.39 is 10.4 Å². The third-order valence-electron chi connectivity index (χ3n) is 4.65. The zero-order chi connectivity index (χ0) is 19.4. The minimum absolute atomic E-state index is 0.0395. The second-order valence-electron chi connectivity index (χ2n) is 6.65. The van der Waals surface area contributed by atoms with Crippen molar-refractivity contribution in [2.45, 2.75) is 42.6 Å². The van der Waals surface area contributed by atoms with E-state index in [-0.39, 0.29) is 11.9 Å². The number of amides is 1. The van der Waals surface area contributed by atoms with E-state index in [1.165, 1.54) is 0 Å². The quantitative estimate of drug-likeness (QED) is 0.582. The Hall–Kier alpha value is -2.05. The van der Waals surface area contributed by atoms with Crippen molar-refractivity contribution in [3.05, 3.63) is 47.7 Å². The van der Waals surface area contributed by atoms with Crippen molar-refractivity contribution in [1.82, 2.24) is 15.3 Å². The van der Waals surface area contributed by atoms with Gasteiger partial charge in [-0.3, -0.25) is 4.79 Å². The minimum Gasteiger partial charge on any atom is -0.481 e. The summed E-state index contributed by atoms with van der Waals surface area (Å²) in [6, 6.07) is 9.08. The minimum atomic E-state index is -0.893. The van der Waals surface area contributed by atoms with Crippen molar-refractivity contribution in [1.29, 1.82) is 0 Å². The molecule has 1 amide bonds. The number of halogens is 2. The maximum Gasteiger partial charge on any atom is 0.251 e. The Labute approximate surface area is 168 Å². The lowest BCUT2D eigenvalue weighted by Crippen LogP contribution is -2.51. The van der Waals surface area contributed by atoms with Gasteiger partial charge in [0.2, 0.25) is 11.8 Å². The van der Waals surface area contributed by atoms with Gasteiger partial charge >= 0.3 is 0 Å². The van der Waals surface area contributed by atoms with Gasteiger partial charge in [0.25, 0.3) is 5.91 Å². The lowest BCUT2D eigenvalue weighted by atomic mass is 9.89. The van der Waals surface area contributed by atoms with Crippen molar-refractivity contribution in [2.24, 2.45) is 0 Å². The second-order valence-corrected chi connectivity index (χ2v) is 7.85. The zero-order valence-electron chi connectivity index (χ0n) is 15.2. The molecule has 8 heteroatoms. The molecule has 2 N–H and O–H groups in total. The summed E-state index contributed by atoms with van der Waals surface area (Å²) >= 11 is 13.3. The smallest absolute Gasteiger partial charge is 0.251 e. The number of rotatable bonds is 5. The van der Waals surface area contributed by atoms with Crippen molar-refractivity contribution < 1.29 is 9.53 Å². The molecular weight excluding hydrogens is 387 g/mol. The molecule has 1 saturated carbocycles. The second kappa shape index (κ2) is 8.31. The zero-order valence-corrected chi connectivity index (χ0v) is 16.7. The van der Waals surface area contributed by atoms with Crippen LogP contribution in [0, 0.1) is 6.92 Å². The molecule has 1 aliphatic rings. The van der Waals surface area contributed by atoms with E-state index in [2.05, 4.69) is 20.6 Å². The summed E-state index contributed by atoms with van der Waals surface area (Å²) in [6.45, 7) is 1.87. The molecule has 0 spiro atoms. The SMILES string of the molecule is COc1nc(NC2(Cl)CCC(NC(=O)c3ccccc3)CC2Cl)ncc1C. The van der Waals surface area contributed by atoms with Gasteiger partial charge in [-0.1, -0.05) is 29.8 Å². The van der Waals surface area contributed by atoms with Crippen LogP contribution in [-0.4, -0.2) is 39.4 Å². The number of aryl methyl sites for hydroxylation is 1. The largest absolute Gasteiger partial charge is 0.481 e. The van der Waals surface area contributed by atoms with Gasteiger partial charge in [0.15, 0.2) is 0 Å². The molecule has 3 rings (SSSR count). The van der Waals surface area contributed by atoms with E-state index in [4.69, 9.17) is 27.9 Å². The van der Waals surface area contributed by atoms with Crippen molar-refractivity contribution in [3.8, 4) is 5.88 Å². The van der Waals surface area contributed by atoms with Crippen LogP contribution in [0.4, 0.5) is 5.95 Å². The highest BCUT2D eigenvalue weighted by molar-refractivity contribution is 6.33. The van der Waals surface area contributed by atoms with Gasteiger partial charge in [0.1, 0.15) is 5.00 Å². The van der Waals surface area contributed by atoms with E-state index in [1.54, 1.807) is 25.4 Å². The Balaban J connectivity index is 1.63. The van der Waals surface area contributed by atoms with E-state index in [0.717, 1.165) is 5.56 Å². The monoisotopic (exact) mass is 408 g/mol. The first-order valence-electron chi connectivity index (χ1n) is 8.76. The Morgan fingerprint density at radius 1 is 1.33 bits per heavy atom. The molecule has 0 saturated heterocycles. The topological polar surface area (TPSA) is 76.1 Å². The van der Waals surface area contributed by atoms with Gasteiger partial charge in [0, 0.05) is 23.4 Å². The van der Waals surface area contributed by atoms with Gasteiger partial charge in [-0.25, -0.2) is 4.98 Å². The predicted molar refractivity (Wildman–Crippen MR) is 107 cm³/mol. The first-order valence-corrected chi connectivity index (χ1v) is 9.57. The molecule has 2 aromatic rings. The highest BCUT2D eigenvalue weighted by Crippen LogP contribution is 2.38. The van der Waals surface area contributed by atoms with Gasteiger partial charge < -0.3 is 15.4 Å². The molecule has 0 radical (unpaired) electrons. The Morgan fingerprint density at radius 3 is 2.74 bits per heavy atom. The molecule has 6 nitrogen and oxygen atoms in total. The number of alkyl halides is 2. The standard InChI is InChI=1S/C19H22Cl2N4O2/c1-12-11-22-18(24-17(12)27-2)25-19(21)9-8-14(10-15(19)20)23-16(26)13-6-4-3-5-7-13/h3-7,11,14-15H,8-10H2,1-2H3,(H,23,26)(H,22,24,25). The third-order valence-corrected chi connectivity index (χ3v) is 5.86. The predicted octanol–water partition coefficient (Wildman–Crippen LogP) is 3.73. The number of nitrogens with one attached hydrogen (secondary N) is 2. The molecule has 1 aliphatic carbocycles. The Kier molecular flexibility index (Phi) is 6.07. The number of nitrogens with zero attached hydrogens (tertiary/aromatic N) is 2. The fraction of sp³-hybridized carbons (Fsp3) is 0.421. The van der Waals surface area contributed by atoms with Crippen LogP contribution in [0.1, 0.15) is 35.2 Å². The molecular formula is C19H22Cl2N4O2. The highest BCUT2D eigenvalue weighted by Gasteiger charge is 2.42. The number of carbonyl (C=O) groups is 1. The number of benzene rings is 1. The van der Waals surface area contributed by atoms with Gasteiger partial charge in [-0.15, -0.1) is 11.6 Å². The van der Waals surface area contributed by atoms with Crippen LogP contribution >= 0.6 is 23.2 Å². The highest BCUT2D eigenvalue weighted by atomic mass is 35.5. The maximum absolute atomic E-state index is 12.3. The van der Waals surface area contributed by atoms with Crippen LogP contribution in [0.2, 0.25) is 0 Å². The molecule has 3 unspecified atom stereocenters. The van der Waals surface area contributed by atoms with Crippen LogP contribution < -0.4 is 15.4 Å². The molecule has 1 aromatic heterocycles. The summed E-state index contributed by atoms with van der Waals surface area (Å²) in [5.41, 5.74) is 1.46. The van der Waals surface area contributed by atoms with Gasteiger partial charge in [-0.05, 0) is 38.3 Å². The molecule has 1 aromatic carbocycles. The fourth-order valence-corrected chi connectivity index (χ4v) is 3.77. The number of anilines is 1. The number of ether oxygens (including phenoxy) is 1. The molecule has 144 valence electrons. The maximum atomic E-state index is 12.3. The van der Waals surface area contributed by atoms with Crippen molar-refractivity contribution in [3.63, 3.8) is 0 Å². The molecule has 1 fully saturated rings. The number of hydrogen-bond acceptors (Lipinski definition) is 5. The lowest BCUT2D eigenvalue weighted by Gasteiger charge is -2.40. The number of methoxy groups -OCH3 is 1. The van der Waals surface area contributed by atoms with Gasteiger partial charge in [-0.2, -0.15) is 4.98 Å². The fourth-order valence-electron chi connectivity index (χ4n) is 3.10. The Bertz CT molecular complexity index is 806. The van der Waals surface area contributed by atoms with Crippen LogP contribution in [-0.2, 0) is 0 Å². The molecule has 3 atom stereocenters. The number of carbonyl (C=O) groups excluding carboxylic acids is 1. The Morgan fingerprint density at radius 2 is 2.07 bits per heavy atom. The molecule has 0 bridgehead atoms. The third kappa shape index (κ3) is 4.62. The van der Waals surface area contributed by atoms with E-state index in [0.29, 0.717) is 36.7 Å². The first kappa shape index (κ1) is 19.7. The normalized spacial score (nSPS) is 24.9. The molecule has 1 heterocycles. The number of hydrogen-bond donors (Lipinski definition) is 2. The summed E-state index contributed by atoms with van der Waals surface area (Å²) < 4.78 is 5.22. The number of aromatic nitrogens is 2. The lowest BCUT2D eigenvalue weighted by molar-refractivity contribution is 0.0925. The van der Waals surface area contributed by atoms with Crippen LogP contribution in [0.5, 0.6) is 5.88 Å². The summed E-state index contributed by atoms with van der Waals surface area (Å²) in [6.07, 6.45) is 3.46. The van der Waals surface area contributed by atoms with Crippen molar-refractivity contribution in [2.75, 3.05) is 12.4 Å². The molecule has 0 aliphatic heterocycles.